The number of amides is 2. The van der Waals surface area contributed by atoms with Crippen LogP contribution in [-0.4, -0.2) is 79.1 Å². The molecule has 114 valence electrons. The Bertz CT molecular complexity index is 557. The predicted molar refractivity (Wildman–Crippen MR) is 76.5 cm³/mol. The molecule has 1 N–H and O–H groups in total. The van der Waals surface area contributed by atoms with Crippen LogP contribution < -0.4 is 0 Å². The number of carbonyl (C=O) groups excluding carboxylic acids is 1. The lowest BCUT2D eigenvalue weighted by atomic mass is 10.1. The van der Waals surface area contributed by atoms with Gasteiger partial charge in [0.15, 0.2) is 5.69 Å². The number of urea groups is 1. The van der Waals surface area contributed by atoms with E-state index in [-0.39, 0.29) is 23.8 Å². The van der Waals surface area contributed by atoms with Crippen molar-refractivity contribution in [3.8, 4) is 0 Å². The SMILES string of the molecule is CC1CSCCN1C(=O)N1CC(n2cc(C(=O)O)nn2)C1. The number of hydrogen-bond donors (Lipinski definition) is 1. The fourth-order valence-electron chi connectivity index (χ4n) is 2.52. The molecular weight excluding hydrogens is 294 g/mol. The third kappa shape index (κ3) is 2.69. The first-order valence-corrected chi connectivity index (χ1v) is 8.00. The Labute approximate surface area is 126 Å². The molecule has 1 aromatic rings. The number of carboxylic acid groups (broad SMARTS) is 1. The van der Waals surface area contributed by atoms with Crippen LogP contribution in [0, 0.1) is 0 Å². The summed E-state index contributed by atoms with van der Waals surface area (Å²) in [4.78, 5) is 26.8. The summed E-state index contributed by atoms with van der Waals surface area (Å²) in [5, 5.41) is 16.2. The molecule has 9 heteroatoms. The van der Waals surface area contributed by atoms with E-state index in [1.54, 1.807) is 4.90 Å². The number of aromatic nitrogens is 3. The quantitative estimate of drug-likeness (QED) is 0.849. The minimum atomic E-state index is -1.09. The van der Waals surface area contributed by atoms with E-state index >= 15 is 0 Å². The Morgan fingerprint density at radius 1 is 1.43 bits per heavy atom. The van der Waals surface area contributed by atoms with Crippen molar-refractivity contribution in [2.24, 2.45) is 0 Å². The molecule has 0 saturated carbocycles. The van der Waals surface area contributed by atoms with E-state index in [2.05, 4.69) is 17.2 Å². The van der Waals surface area contributed by atoms with E-state index in [4.69, 9.17) is 5.11 Å². The molecule has 0 spiro atoms. The minimum Gasteiger partial charge on any atom is -0.476 e. The number of aromatic carboxylic acids is 1. The number of likely N-dealkylation sites (tertiary alicyclic amines) is 1. The van der Waals surface area contributed by atoms with E-state index in [0.29, 0.717) is 13.1 Å². The minimum absolute atomic E-state index is 0.0176. The first kappa shape index (κ1) is 14.2. The summed E-state index contributed by atoms with van der Waals surface area (Å²) in [6, 6.07) is 0.349. The molecule has 8 nitrogen and oxygen atoms in total. The van der Waals surface area contributed by atoms with Crippen molar-refractivity contribution < 1.29 is 14.7 Å². The Morgan fingerprint density at radius 2 is 2.19 bits per heavy atom. The summed E-state index contributed by atoms with van der Waals surface area (Å²) < 4.78 is 1.53. The van der Waals surface area contributed by atoms with Crippen LogP contribution >= 0.6 is 11.8 Å². The second-order valence-corrected chi connectivity index (χ2v) is 6.50. The van der Waals surface area contributed by atoms with Crippen LogP contribution in [0.5, 0.6) is 0 Å². The third-order valence-electron chi connectivity index (χ3n) is 3.85. The number of rotatable bonds is 2. The van der Waals surface area contributed by atoms with Gasteiger partial charge in [0.2, 0.25) is 0 Å². The first-order valence-electron chi connectivity index (χ1n) is 6.84. The highest BCUT2D eigenvalue weighted by Gasteiger charge is 2.37. The summed E-state index contributed by atoms with van der Waals surface area (Å²) in [5.74, 6) is 0.875. The van der Waals surface area contributed by atoms with Gasteiger partial charge in [0.25, 0.3) is 0 Å². The molecule has 1 aromatic heterocycles. The normalized spacial score (nSPS) is 23.0. The van der Waals surface area contributed by atoms with E-state index in [1.165, 1.54) is 10.9 Å². The van der Waals surface area contributed by atoms with Crippen LogP contribution in [0.2, 0.25) is 0 Å². The van der Waals surface area contributed by atoms with Crippen molar-refractivity contribution in [2.45, 2.75) is 19.0 Å². The Balaban J connectivity index is 1.57. The molecule has 0 bridgehead atoms. The van der Waals surface area contributed by atoms with E-state index in [9.17, 15) is 9.59 Å². The van der Waals surface area contributed by atoms with Crippen LogP contribution in [0.1, 0.15) is 23.5 Å². The zero-order chi connectivity index (χ0) is 15.0. The molecule has 2 amide bonds. The lowest BCUT2D eigenvalue weighted by Crippen LogP contribution is -2.58. The second-order valence-electron chi connectivity index (χ2n) is 5.35. The largest absolute Gasteiger partial charge is 0.476 e. The van der Waals surface area contributed by atoms with Crippen molar-refractivity contribution in [3.05, 3.63) is 11.9 Å². The smallest absolute Gasteiger partial charge is 0.358 e. The molecule has 3 rings (SSSR count). The van der Waals surface area contributed by atoms with Gasteiger partial charge >= 0.3 is 12.0 Å². The average molecular weight is 311 g/mol. The lowest BCUT2D eigenvalue weighted by Gasteiger charge is -2.44. The standard InChI is InChI=1S/C12H17N5O3S/c1-8-7-21-3-2-16(8)12(20)15-4-9(5-15)17-6-10(11(18)19)13-14-17/h6,8-9H,2-5,7H2,1H3,(H,18,19). The van der Waals surface area contributed by atoms with Gasteiger partial charge in [-0.1, -0.05) is 5.21 Å². The first-order chi connectivity index (χ1) is 10.1. The zero-order valence-electron chi connectivity index (χ0n) is 11.7. The van der Waals surface area contributed by atoms with Crippen LogP contribution in [0.4, 0.5) is 4.79 Å². The molecule has 0 aliphatic carbocycles. The zero-order valence-corrected chi connectivity index (χ0v) is 12.5. The summed E-state index contributed by atoms with van der Waals surface area (Å²) in [7, 11) is 0. The number of carboxylic acids is 1. The topological polar surface area (TPSA) is 91.6 Å². The van der Waals surface area contributed by atoms with Crippen molar-refractivity contribution in [1.29, 1.82) is 0 Å². The van der Waals surface area contributed by atoms with Gasteiger partial charge in [0.1, 0.15) is 0 Å². The van der Waals surface area contributed by atoms with Crippen LogP contribution in [-0.2, 0) is 0 Å². The van der Waals surface area contributed by atoms with Crippen molar-refractivity contribution in [2.75, 3.05) is 31.1 Å². The summed E-state index contributed by atoms with van der Waals surface area (Å²) >= 11 is 1.87. The van der Waals surface area contributed by atoms with Gasteiger partial charge < -0.3 is 14.9 Å². The fraction of sp³-hybridized carbons (Fsp3) is 0.667. The molecule has 2 saturated heterocycles. The molecule has 1 atom stereocenters. The Hall–Kier alpha value is -1.77. The molecule has 1 unspecified atom stereocenters. The van der Waals surface area contributed by atoms with Gasteiger partial charge in [-0.05, 0) is 6.92 Å². The van der Waals surface area contributed by atoms with Gasteiger partial charge in [-0.2, -0.15) is 11.8 Å². The molecule has 2 aliphatic heterocycles. The maximum absolute atomic E-state index is 12.4. The molecule has 3 heterocycles. The number of carbonyl (C=O) groups is 2. The van der Waals surface area contributed by atoms with Crippen molar-refractivity contribution in [3.63, 3.8) is 0 Å². The number of nitrogens with zero attached hydrogens (tertiary/aromatic N) is 5. The Morgan fingerprint density at radius 3 is 2.81 bits per heavy atom. The van der Waals surface area contributed by atoms with Gasteiger partial charge in [0, 0.05) is 37.2 Å². The van der Waals surface area contributed by atoms with Crippen molar-refractivity contribution in [1.82, 2.24) is 24.8 Å². The fourth-order valence-corrected chi connectivity index (χ4v) is 3.54. The van der Waals surface area contributed by atoms with Gasteiger partial charge in [-0.25, -0.2) is 14.3 Å². The van der Waals surface area contributed by atoms with Crippen LogP contribution in [0.3, 0.4) is 0 Å². The van der Waals surface area contributed by atoms with E-state index in [0.717, 1.165) is 18.1 Å². The van der Waals surface area contributed by atoms with Crippen molar-refractivity contribution >= 4 is 23.8 Å². The molecule has 21 heavy (non-hydrogen) atoms. The molecular formula is C12H17N5O3S. The Kier molecular flexibility index (Phi) is 3.75. The highest BCUT2D eigenvalue weighted by molar-refractivity contribution is 7.99. The summed E-state index contributed by atoms with van der Waals surface area (Å²) in [6.45, 7) is 3.96. The summed E-state index contributed by atoms with van der Waals surface area (Å²) in [5.41, 5.74) is -0.0681. The predicted octanol–water partition coefficient (Wildman–Crippen LogP) is 0.390. The number of hydrogen-bond acceptors (Lipinski definition) is 5. The van der Waals surface area contributed by atoms with E-state index < -0.39 is 5.97 Å². The molecule has 0 aromatic carbocycles. The monoisotopic (exact) mass is 311 g/mol. The van der Waals surface area contributed by atoms with Gasteiger partial charge in [-0.3, -0.25) is 0 Å². The van der Waals surface area contributed by atoms with Gasteiger partial charge in [0.05, 0.1) is 12.2 Å². The highest BCUT2D eigenvalue weighted by Crippen LogP contribution is 2.24. The lowest BCUT2D eigenvalue weighted by molar-refractivity contribution is 0.0689. The molecule has 0 radical (unpaired) electrons. The molecule has 2 aliphatic rings. The van der Waals surface area contributed by atoms with E-state index in [1.807, 2.05) is 16.7 Å². The second kappa shape index (κ2) is 5.55. The van der Waals surface area contributed by atoms with Crippen LogP contribution in [0.15, 0.2) is 6.20 Å². The maximum Gasteiger partial charge on any atom is 0.358 e. The highest BCUT2D eigenvalue weighted by atomic mass is 32.2. The van der Waals surface area contributed by atoms with Gasteiger partial charge in [-0.15, -0.1) is 5.10 Å². The third-order valence-corrected chi connectivity index (χ3v) is 5.04. The average Bonchev–Trinajstić information content (AvgIpc) is 2.87. The molecule has 2 fully saturated rings. The van der Waals surface area contributed by atoms with Crippen LogP contribution in [0.25, 0.3) is 0 Å². The summed E-state index contributed by atoms with van der Waals surface area (Å²) in [6.07, 6.45) is 1.41. The number of thioether (sulfide) groups is 1. The maximum atomic E-state index is 12.4.